The molecule has 1 heterocycles. The number of allylic oxidation sites excluding steroid dienone is 2. The van der Waals surface area contributed by atoms with E-state index in [9.17, 15) is 9.90 Å². The average molecular weight is 326 g/mol. The molecule has 3 nitrogen and oxygen atoms in total. The minimum absolute atomic E-state index is 0.0836. The minimum Gasteiger partial charge on any atom is -0.478 e. The highest BCUT2D eigenvalue weighted by Crippen LogP contribution is 2.50. The van der Waals surface area contributed by atoms with Gasteiger partial charge in [0, 0.05) is 10.9 Å². The van der Waals surface area contributed by atoms with E-state index in [4.69, 9.17) is 11.6 Å². The maximum absolute atomic E-state index is 11.6. The molecule has 0 radical (unpaired) electrons. The van der Waals surface area contributed by atoms with Crippen LogP contribution in [-0.4, -0.2) is 11.1 Å². The van der Waals surface area contributed by atoms with Gasteiger partial charge in [-0.05, 0) is 41.7 Å². The molecule has 3 atom stereocenters. The van der Waals surface area contributed by atoms with Crippen LogP contribution in [0.15, 0.2) is 54.6 Å². The fraction of sp³-hybridized carbons (Fsp3) is 0.211. The van der Waals surface area contributed by atoms with Crippen molar-refractivity contribution in [2.75, 3.05) is 5.32 Å². The summed E-state index contributed by atoms with van der Waals surface area (Å²) in [5, 5.41) is 13.7. The zero-order chi connectivity index (χ0) is 16.0. The smallest absolute Gasteiger partial charge is 0.337 e. The van der Waals surface area contributed by atoms with Crippen LogP contribution in [0.5, 0.6) is 0 Å². The number of nitrogens with one attached hydrogen (secondary N) is 1. The van der Waals surface area contributed by atoms with Crippen molar-refractivity contribution in [3.63, 3.8) is 0 Å². The zero-order valence-electron chi connectivity index (χ0n) is 12.4. The fourth-order valence-corrected chi connectivity index (χ4v) is 3.93. The molecular weight excluding hydrogens is 310 g/mol. The van der Waals surface area contributed by atoms with Gasteiger partial charge in [0.15, 0.2) is 0 Å². The first-order valence-electron chi connectivity index (χ1n) is 7.70. The minimum atomic E-state index is -0.898. The van der Waals surface area contributed by atoms with E-state index in [-0.39, 0.29) is 12.0 Å². The summed E-state index contributed by atoms with van der Waals surface area (Å²) in [6.07, 6.45) is 5.39. The van der Waals surface area contributed by atoms with E-state index >= 15 is 0 Å². The van der Waals surface area contributed by atoms with Crippen LogP contribution in [0.2, 0.25) is 5.02 Å². The van der Waals surface area contributed by atoms with E-state index in [0.29, 0.717) is 16.5 Å². The predicted molar refractivity (Wildman–Crippen MR) is 91.2 cm³/mol. The lowest BCUT2D eigenvalue weighted by Gasteiger charge is -2.38. The summed E-state index contributed by atoms with van der Waals surface area (Å²) in [5.41, 5.74) is 3.29. The van der Waals surface area contributed by atoms with Crippen LogP contribution < -0.4 is 5.32 Å². The largest absolute Gasteiger partial charge is 0.478 e. The van der Waals surface area contributed by atoms with Crippen molar-refractivity contribution in [1.82, 2.24) is 0 Å². The average Bonchev–Trinajstić information content (AvgIpc) is 3.04. The monoisotopic (exact) mass is 325 g/mol. The van der Waals surface area contributed by atoms with Crippen LogP contribution in [0.3, 0.4) is 0 Å². The van der Waals surface area contributed by atoms with Crippen molar-refractivity contribution < 1.29 is 9.90 Å². The number of anilines is 1. The van der Waals surface area contributed by atoms with Gasteiger partial charge in [-0.15, -0.1) is 0 Å². The SMILES string of the molecule is O=C(O)c1cccc2c1N[C@@H](c1ccc(Cl)cc1)[C@@H]1CC=C[C@@H]21. The van der Waals surface area contributed by atoms with Gasteiger partial charge in [-0.2, -0.15) is 0 Å². The summed E-state index contributed by atoms with van der Waals surface area (Å²) in [6, 6.07) is 13.4. The summed E-state index contributed by atoms with van der Waals surface area (Å²) >= 11 is 6.00. The Labute approximate surface area is 139 Å². The number of hydrogen-bond acceptors (Lipinski definition) is 2. The third-order valence-electron chi connectivity index (χ3n) is 4.86. The van der Waals surface area contributed by atoms with Crippen molar-refractivity contribution in [3.05, 3.63) is 76.3 Å². The number of carboxylic acids is 1. The Bertz CT molecular complexity index is 798. The Morgan fingerprint density at radius 3 is 2.70 bits per heavy atom. The lowest BCUT2D eigenvalue weighted by atomic mass is 9.76. The maximum Gasteiger partial charge on any atom is 0.337 e. The van der Waals surface area contributed by atoms with Crippen molar-refractivity contribution in [1.29, 1.82) is 0 Å². The molecule has 0 spiro atoms. The van der Waals surface area contributed by atoms with Gasteiger partial charge in [0.2, 0.25) is 0 Å². The first-order valence-corrected chi connectivity index (χ1v) is 8.08. The second-order valence-electron chi connectivity index (χ2n) is 6.10. The topological polar surface area (TPSA) is 49.3 Å². The van der Waals surface area contributed by atoms with Crippen LogP contribution in [0.25, 0.3) is 0 Å². The van der Waals surface area contributed by atoms with Crippen LogP contribution in [0.1, 0.15) is 39.9 Å². The number of halogens is 1. The summed E-state index contributed by atoms with van der Waals surface area (Å²) in [6.45, 7) is 0. The lowest BCUT2D eigenvalue weighted by Crippen LogP contribution is -2.30. The first-order chi connectivity index (χ1) is 11.1. The highest BCUT2D eigenvalue weighted by atomic mass is 35.5. The second kappa shape index (κ2) is 5.43. The van der Waals surface area contributed by atoms with Crippen LogP contribution in [-0.2, 0) is 0 Å². The molecular formula is C19H16ClNO2. The highest BCUT2D eigenvalue weighted by Gasteiger charge is 2.39. The van der Waals surface area contributed by atoms with E-state index < -0.39 is 5.97 Å². The van der Waals surface area contributed by atoms with E-state index in [1.54, 1.807) is 6.07 Å². The number of carboxylic acid groups (broad SMARTS) is 1. The van der Waals surface area contributed by atoms with Crippen LogP contribution >= 0.6 is 11.6 Å². The van der Waals surface area contributed by atoms with Crippen molar-refractivity contribution in [2.45, 2.75) is 18.4 Å². The van der Waals surface area contributed by atoms with Crippen LogP contribution in [0.4, 0.5) is 5.69 Å². The van der Waals surface area contributed by atoms with Gasteiger partial charge in [0.1, 0.15) is 0 Å². The Kier molecular flexibility index (Phi) is 3.38. The number of para-hydroxylation sites is 1. The predicted octanol–water partition coefficient (Wildman–Crippen LogP) is 4.86. The summed E-state index contributed by atoms with van der Waals surface area (Å²) in [4.78, 5) is 11.6. The summed E-state index contributed by atoms with van der Waals surface area (Å²) in [5.74, 6) is -0.247. The quantitative estimate of drug-likeness (QED) is 0.775. The van der Waals surface area contributed by atoms with Gasteiger partial charge in [0.25, 0.3) is 0 Å². The molecule has 1 aliphatic heterocycles. The van der Waals surface area contributed by atoms with Gasteiger partial charge >= 0.3 is 5.97 Å². The molecule has 0 saturated carbocycles. The van der Waals surface area contributed by atoms with E-state index in [0.717, 1.165) is 23.2 Å². The Morgan fingerprint density at radius 2 is 1.96 bits per heavy atom. The van der Waals surface area contributed by atoms with Gasteiger partial charge in [0.05, 0.1) is 17.3 Å². The molecule has 0 fully saturated rings. The summed E-state index contributed by atoms with van der Waals surface area (Å²) < 4.78 is 0. The molecule has 23 heavy (non-hydrogen) atoms. The van der Waals surface area contributed by atoms with Gasteiger partial charge < -0.3 is 10.4 Å². The first kappa shape index (κ1) is 14.3. The molecule has 4 heteroatoms. The molecule has 0 unspecified atom stereocenters. The molecule has 2 aliphatic rings. The zero-order valence-corrected chi connectivity index (χ0v) is 13.1. The molecule has 2 N–H and O–H groups in total. The number of benzene rings is 2. The Balaban J connectivity index is 1.83. The molecule has 0 amide bonds. The number of hydrogen-bond donors (Lipinski definition) is 2. The van der Waals surface area contributed by atoms with E-state index in [1.807, 2.05) is 36.4 Å². The van der Waals surface area contributed by atoms with E-state index in [2.05, 4.69) is 17.5 Å². The molecule has 0 aromatic heterocycles. The molecule has 4 rings (SSSR count). The maximum atomic E-state index is 11.6. The lowest BCUT2D eigenvalue weighted by molar-refractivity contribution is 0.0697. The Hall–Kier alpha value is -2.26. The van der Waals surface area contributed by atoms with Gasteiger partial charge in [-0.25, -0.2) is 4.79 Å². The van der Waals surface area contributed by atoms with Crippen molar-refractivity contribution in [3.8, 4) is 0 Å². The van der Waals surface area contributed by atoms with Gasteiger partial charge in [-0.1, -0.05) is 48.0 Å². The van der Waals surface area contributed by atoms with E-state index in [1.165, 1.54) is 0 Å². The number of aromatic carboxylic acids is 1. The van der Waals surface area contributed by atoms with Crippen molar-refractivity contribution >= 4 is 23.3 Å². The summed E-state index contributed by atoms with van der Waals surface area (Å²) in [7, 11) is 0. The fourth-order valence-electron chi connectivity index (χ4n) is 3.80. The molecule has 2 aromatic rings. The highest BCUT2D eigenvalue weighted by molar-refractivity contribution is 6.30. The third-order valence-corrected chi connectivity index (χ3v) is 5.11. The molecule has 116 valence electrons. The Morgan fingerprint density at radius 1 is 1.17 bits per heavy atom. The molecule has 0 saturated heterocycles. The number of rotatable bonds is 2. The standard InChI is InChI=1S/C19H16ClNO2/c20-12-9-7-11(8-10-12)17-14-4-1-3-13(14)15-5-2-6-16(19(22)23)18(15)21-17/h1-3,5-10,13-14,17,21H,4H2,(H,22,23)/t13-,14-,17+/m1/s1. The number of fused-ring (bicyclic) bond motifs is 3. The number of carbonyl (C=O) groups is 1. The normalized spacial score (nSPS) is 24.7. The molecule has 2 aromatic carbocycles. The van der Waals surface area contributed by atoms with Crippen molar-refractivity contribution in [2.24, 2.45) is 5.92 Å². The molecule has 1 aliphatic carbocycles. The third kappa shape index (κ3) is 2.32. The van der Waals surface area contributed by atoms with Crippen LogP contribution in [0, 0.1) is 5.92 Å². The second-order valence-corrected chi connectivity index (χ2v) is 6.54. The van der Waals surface area contributed by atoms with Gasteiger partial charge in [-0.3, -0.25) is 0 Å². The molecule has 0 bridgehead atoms.